The van der Waals surface area contributed by atoms with E-state index >= 15 is 0 Å². The number of ketones is 1. The topological polar surface area (TPSA) is 81.2 Å². The highest BCUT2D eigenvalue weighted by Gasteiger charge is 2.23. The number of carbonyl (C=O) groups excluding carboxylic acids is 2. The number of benzene rings is 2. The van der Waals surface area contributed by atoms with Crippen molar-refractivity contribution in [3.63, 3.8) is 0 Å². The summed E-state index contributed by atoms with van der Waals surface area (Å²) in [5, 5.41) is 9.22. The van der Waals surface area contributed by atoms with Gasteiger partial charge < -0.3 is 9.32 Å². The molecular weight excluding hydrogens is 424 g/mol. The van der Waals surface area contributed by atoms with Crippen LogP contribution in [-0.4, -0.2) is 38.8 Å². The first-order chi connectivity index (χ1) is 15.7. The van der Waals surface area contributed by atoms with Gasteiger partial charge in [-0.05, 0) is 42.8 Å². The van der Waals surface area contributed by atoms with E-state index in [0.717, 1.165) is 17.8 Å². The molecule has 0 aliphatic carbocycles. The van der Waals surface area contributed by atoms with Gasteiger partial charge in [0, 0.05) is 29.9 Å². The number of Topliss-reactive ketones (excluding diaryl/α,β-unsaturated/α-hetero) is 1. The molecule has 160 valence electrons. The SMILES string of the molecule is O=C(CSc1nnc(-c2ccco2)n1-c1ccccc1)c1cccc(N2CCCC2=O)c1. The molecular formula is C24H20N4O3S. The van der Waals surface area contributed by atoms with Crippen LogP contribution < -0.4 is 4.90 Å². The normalized spacial score (nSPS) is 13.6. The van der Waals surface area contributed by atoms with Crippen LogP contribution in [0.5, 0.6) is 0 Å². The predicted molar refractivity (Wildman–Crippen MR) is 122 cm³/mol. The molecule has 1 amide bonds. The summed E-state index contributed by atoms with van der Waals surface area (Å²) in [6.45, 7) is 0.695. The lowest BCUT2D eigenvalue weighted by Gasteiger charge is -2.16. The Labute approximate surface area is 189 Å². The van der Waals surface area contributed by atoms with Crippen LogP contribution in [0.1, 0.15) is 23.2 Å². The van der Waals surface area contributed by atoms with Crippen LogP contribution in [0, 0.1) is 0 Å². The van der Waals surface area contributed by atoms with Gasteiger partial charge in [0.1, 0.15) is 0 Å². The molecule has 0 bridgehead atoms. The third kappa shape index (κ3) is 3.97. The first-order valence-electron chi connectivity index (χ1n) is 10.3. The Kier molecular flexibility index (Phi) is 5.60. The van der Waals surface area contributed by atoms with Gasteiger partial charge in [0.2, 0.25) is 11.7 Å². The van der Waals surface area contributed by atoms with E-state index in [1.165, 1.54) is 11.8 Å². The highest BCUT2D eigenvalue weighted by atomic mass is 32.2. The fourth-order valence-electron chi connectivity index (χ4n) is 3.72. The van der Waals surface area contributed by atoms with Crippen molar-refractivity contribution in [3.8, 4) is 17.3 Å². The summed E-state index contributed by atoms with van der Waals surface area (Å²) in [4.78, 5) is 26.7. The molecule has 1 fully saturated rings. The van der Waals surface area contributed by atoms with Gasteiger partial charge in [-0.25, -0.2) is 0 Å². The Morgan fingerprint density at radius 2 is 1.84 bits per heavy atom. The van der Waals surface area contributed by atoms with E-state index in [0.29, 0.717) is 35.3 Å². The molecule has 0 saturated carbocycles. The molecule has 0 radical (unpaired) electrons. The van der Waals surface area contributed by atoms with Crippen LogP contribution in [0.15, 0.2) is 82.6 Å². The lowest BCUT2D eigenvalue weighted by Crippen LogP contribution is -2.23. The highest BCUT2D eigenvalue weighted by Crippen LogP contribution is 2.29. The van der Waals surface area contributed by atoms with E-state index in [1.54, 1.807) is 29.4 Å². The van der Waals surface area contributed by atoms with Gasteiger partial charge in [0.05, 0.1) is 12.0 Å². The molecule has 2 aromatic heterocycles. The molecule has 5 rings (SSSR count). The van der Waals surface area contributed by atoms with E-state index in [1.807, 2.05) is 53.1 Å². The summed E-state index contributed by atoms with van der Waals surface area (Å²) < 4.78 is 7.41. The molecule has 32 heavy (non-hydrogen) atoms. The summed E-state index contributed by atoms with van der Waals surface area (Å²) in [6, 6.07) is 20.6. The Hall–Kier alpha value is -3.65. The first kappa shape index (κ1) is 20.3. The monoisotopic (exact) mass is 444 g/mol. The number of aromatic nitrogens is 3. The number of furan rings is 1. The summed E-state index contributed by atoms with van der Waals surface area (Å²) >= 11 is 1.32. The molecule has 0 spiro atoms. The summed E-state index contributed by atoms with van der Waals surface area (Å²) in [7, 11) is 0. The maximum atomic E-state index is 12.9. The van der Waals surface area contributed by atoms with Crippen molar-refractivity contribution in [1.82, 2.24) is 14.8 Å². The average Bonchev–Trinajstić information content (AvgIpc) is 3.58. The van der Waals surface area contributed by atoms with E-state index in [9.17, 15) is 9.59 Å². The second kappa shape index (κ2) is 8.84. The van der Waals surface area contributed by atoms with Gasteiger partial charge in [0.15, 0.2) is 16.7 Å². The molecule has 2 aromatic carbocycles. The predicted octanol–water partition coefficient (Wildman–Crippen LogP) is 4.63. The molecule has 7 nitrogen and oxygen atoms in total. The number of nitrogens with zero attached hydrogens (tertiary/aromatic N) is 4. The molecule has 1 aliphatic heterocycles. The van der Waals surface area contributed by atoms with Crippen LogP contribution in [0.2, 0.25) is 0 Å². The largest absolute Gasteiger partial charge is 0.461 e. The number of para-hydroxylation sites is 1. The van der Waals surface area contributed by atoms with Crippen molar-refractivity contribution in [2.24, 2.45) is 0 Å². The van der Waals surface area contributed by atoms with E-state index in [4.69, 9.17) is 4.42 Å². The number of hydrogen-bond acceptors (Lipinski definition) is 6. The van der Waals surface area contributed by atoms with Crippen LogP contribution in [-0.2, 0) is 4.79 Å². The molecule has 8 heteroatoms. The number of hydrogen-bond donors (Lipinski definition) is 0. The minimum absolute atomic E-state index is 0.0364. The minimum Gasteiger partial charge on any atom is -0.461 e. The average molecular weight is 445 g/mol. The number of carbonyl (C=O) groups is 2. The molecule has 3 heterocycles. The van der Waals surface area contributed by atoms with E-state index in [2.05, 4.69) is 10.2 Å². The zero-order valence-corrected chi connectivity index (χ0v) is 18.0. The second-order valence-corrected chi connectivity index (χ2v) is 8.31. The number of rotatable bonds is 7. The Morgan fingerprint density at radius 1 is 1.00 bits per heavy atom. The van der Waals surface area contributed by atoms with Crippen LogP contribution in [0.3, 0.4) is 0 Å². The third-order valence-electron chi connectivity index (χ3n) is 5.27. The second-order valence-electron chi connectivity index (χ2n) is 7.37. The third-order valence-corrected chi connectivity index (χ3v) is 6.20. The van der Waals surface area contributed by atoms with Gasteiger partial charge in [-0.3, -0.25) is 14.2 Å². The zero-order valence-electron chi connectivity index (χ0n) is 17.2. The van der Waals surface area contributed by atoms with Crippen molar-refractivity contribution >= 4 is 29.1 Å². The zero-order chi connectivity index (χ0) is 21.9. The summed E-state index contributed by atoms with van der Waals surface area (Å²) in [5.41, 5.74) is 2.23. The number of thioether (sulfide) groups is 1. The van der Waals surface area contributed by atoms with Crippen molar-refractivity contribution in [2.45, 2.75) is 18.0 Å². The molecule has 4 aromatic rings. The molecule has 0 atom stereocenters. The van der Waals surface area contributed by atoms with Gasteiger partial charge >= 0.3 is 0 Å². The van der Waals surface area contributed by atoms with Gasteiger partial charge in [-0.2, -0.15) is 0 Å². The van der Waals surface area contributed by atoms with Crippen molar-refractivity contribution < 1.29 is 14.0 Å². The van der Waals surface area contributed by atoms with E-state index in [-0.39, 0.29) is 17.4 Å². The fraction of sp³-hybridized carbons (Fsp3) is 0.167. The molecule has 0 unspecified atom stereocenters. The van der Waals surface area contributed by atoms with Crippen molar-refractivity contribution in [2.75, 3.05) is 17.2 Å². The van der Waals surface area contributed by atoms with Crippen LogP contribution >= 0.6 is 11.8 Å². The summed E-state index contributed by atoms with van der Waals surface area (Å²) in [5.74, 6) is 1.44. The Morgan fingerprint density at radius 3 is 2.59 bits per heavy atom. The Bertz CT molecular complexity index is 1250. The number of amides is 1. The molecule has 1 saturated heterocycles. The van der Waals surface area contributed by atoms with Crippen molar-refractivity contribution in [1.29, 1.82) is 0 Å². The fourth-order valence-corrected chi connectivity index (χ4v) is 4.57. The smallest absolute Gasteiger partial charge is 0.227 e. The van der Waals surface area contributed by atoms with Crippen LogP contribution in [0.25, 0.3) is 17.3 Å². The number of anilines is 1. The standard InChI is InChI=1S/C24H20N4O3S/c29-20(17-7-4-10-19(15-17)27-13-5-12-22(27)30)16-32-24-26-25-23(21-11-6-14-31-21)28(24)18-8-2-1-3-9-18/h1-4,6-11,14-15H,5,12-13,16H2. The van der Waals surface area contributed by atoms with Crippen LogP contribution in [0.4, 0.5) is 5.69 Å². The maximum absolute atomic E-state index is 12.9. The van der Waals surface area contributed by atoms with Gasteiger partial charge in [-0.1, -0.05) is 42.1 Å². The van der Waals surface area contributed by atoms with Crippen molar-refractivity contribution in [3.05, 3.63) is 78.6 Å². The minimum atomic E-state index is -0.0364. The summed E-state index contributed by atoms with van der Waals surface area (Å²) in [6.07, 6.45) is 3.00. The molecule has 1 aliphatic rings. The lowest BCUT2D eigenvalue weighted by atomic mass is 10.1. The molecule has 0 N–H and O–H groups in total. The quantitative estimate of drug-likeness (QED) is 0.305. The first-order valence-corrected chi connectivity index (χ1v) is 11.3. The van der Waals surface area contributed by atoms with Gasteiger partial charge in [0.25, 0.3) is 0 Å². The van der Waals surface area contributed by atoms with E-state index < -0.39 is 0 Å². The van der Waals surface area contributed by atoms with Gasteiger partial charge in [-0.15, -0.1) is 10.2 Å². The highest BCUT2D eigenvalue weighted by molar-refractivity contribution is 7.99. The maximum Gasteiger partial charge on any atom is 0.227 e. The lowest BCUT2D eigenvalue weighted by molar-refractivity contribution is -0.117. The Balaban J connectivity index is 1.39.